The zero-order valence-electron chi connectivity index (χ0n) is 17.0. The molecule has 0 unspecified atom stereocenters. The second-order valence-corrected chi connectivity index (χ2v) is 7.64. The summed E-state index contributed by atoms with van der Waals surface area (Å²) in [4.78, 5) is 0. The van der Waals surface area contributed by atoms with E-state index in [1.807, 2.05) is 0 Å². The molecule has 0 saturated heterocycles. The highest BCUT2D eigenvalue weighted by molar-refractivity contribution is 5.95. The average molecular weight is 385 g/mol. The molecule has 0 atom stereocenters. The summed E-state index contributed by atoms with van der Waals surface area (Å²) in [5.74, 6) is 0. The van der Waals surface area contributed by atoms with E-state index in [4.69, 9.17) is 0 Å². The Labute approximate surface area is 178 Å². The van der Waals surface area contributed by atoms with Crippen molar-refractivity contribution in [3.8, 4) is 33.4 Å². The molecular formula is C30H24. The molecule has 0 aromatic heterocycles. The van der Waals surface area contributed by atoms with Crippen LogP contribution in [-0.2, 0) is 0 Å². The van der Waals surface area contributed by atoms with Crippen LogP contribution in [0.25, 0.3) is 39.0 Å². The lowest BCUT2D eigenvalue weighted by molar-refractivity contribution is 1.04. The quantitative estimate of drug-likeness (QED) is 0.331. The number of hydrogen-bond acceptors (Lipinski definition) is 0. The van der Waals surface area contributed by atoms with Gasteiger partial charge in [-0.1, -0.05) is 121 Å². The predicted octanol–water partition coefficient (Wildman–Crippen LogP) is 8.42. The molecule has 0 saturated carbocycles. The van der Waals surface area contributed by atoms with Crippen LogP contribution in [0.5, 0.6) is 0 Å². The molecule has 0 spiro atoms. The van der Waals surface area contributed by atoms with E-state index in [1.165, 1.54) is 44.5 Å². The Morgan fingerprint density at radius 3 is 1.43 bits per heavy atom. The molecule has 0 amide bonds. The molecule has 5 rings (SSSR count). The van der Waals surface area contributed by atoms with Crippen molar-refractivity contribution in [2.75, 3.05) is 0 Å². The maximum Gasteiger partial charge on any atom is -0.00990 e. The third kappa shape index (κ3) is 3.53. The molecule has 0 fully saturated rings. The van der Waals surface area contributed by atoms with Crippen LogP contribution in [0.2, 0.25) is 0 Å². The minimum Gasteiger partial charge on any atom is -0.0836 e. The summed E-state index contributed by atoms with van der Waals surface area (Å²) in [5.41, 5.74) is 10.2. The van der Waals surface area contributed by atoms with Gasteiger partial charge in [0.25, 0.3) is 0 Å². The predicted molar refractivity (Wildman–Crippen MR) is 129 cm³/mol. The summed E-state index contributed by atoms with van der Waals surface area (Å²) in [7, 11) is 0. The third-order valence-corrected chi connectivity index (χ3v) is 5.75. The molecule has 1 aliphatic carbocycles. The Bertz CT molecular complexity index is 1230. The van der Waals surface area contributed by atoms with Gasteiger partial charge in [0.15, 0.2) is 0 Å². The Morgan fingerprint density at radius 1 is 0.400 bits per heavy atom. The standard InChI is InChI=1S/C30H24/c1-3-13-23(14-4-1)25-17-7-9-19-27(25)29-21-11-12-22-30(29)28-20-10-8-18-26(28)24-15-5-2-6-16-24/h1,3-5,7-22H,2,6H2. The largest absolute Gasteiger partial charge is 0.0836 e. The maximum atomic E-state index is 2.36. The van der Waals surface area contributed by atoms with Gasteiger partial charge in [-0.3, -0.25) is 0 Å². The van der Waals surface area contributed by atoms with E-state index in [0.717, 1.165) is 12.8 Å². The first kappa shape index (κ1) is 18.4. The molecule has 0 nitrogen and oxygen atoms in total. The summed E-state index contributed by atoms with van der Waals surface area (Å²) in [6, 6.07) is 37.0. The summed E-state index contributed by atoms with van der Waals surface area (Å²) in [6.45, 7) is 0. The van der Waals surface area contributed by atoms with Gasteiger partial charge in [-0.25, -0.2) is 0 Å². The van der Waals surface area contributed by atoms with Gasteiger partial charge in [-0.2, -0.15) is 0 Å². The van der Waals surface area contributed by atoms with Crippen LogP contribution < -0.4 is 0 Å². The summed E-state index contributed by atoms with van der Waals surface area (Å²) in [6.07, 6.45) is 9.15. The molecule has 0 heterocycles. The highest BCUT2D eigenvalue weighted by atomic mass is 14.2. The van der Waals surface area contributed by atoms with Crippen LogP contribution >= 0.6 is 0 Å². The fourth-order valence-electron chi connectivity index (χ4n) is 4.32. The smallest absolute Gasteiger partial charge is 0.00990 e. The van der Waals surface area contributed by atoms with Crippen molar-refractivity contribution in [3.63, 3.8) is 0 Å². The van der Waals surface area contributed by atoms with Gasteiger partial charge in [-0.15, -0.1) is 0 Å². The minimum atomic E-state index is 1.11. The van der Waals surface area contributed by atoms with Gasteiger partial charge < -0.3 is 0 Å². The molecule has 0 radical (unpaired) electrons. The molecule has 0 aliphatic heterocycles. The first-order chi connectivity index (χ1) is 14.9. The maximum absolute atomic E-state index is 2.36. The molecule has 0 bridgehead atoms. The van der Waals surface area contributed by atoms with Gasteiger partial charge in [-0.05, 0) is 57.4 Å². The van der Waals surface area contributed by atoms with E-state index in [9.17, 15) is 0 Å². The van der Waals surface area contributed by atoms with Crippen LogP contribution in [-0.4, -0.2) is 0 Å². The number of rotatable bonds is 4. The van der Waals surface area contributed by atoms with Gasteiger partial charge in [0.1, 0.15) is 0 Å². The molecule has 144 valence electrons. The van der Waals surface area contributed by atoms with E-state index < -0.39 is 0 Å². The molecular weight excluding hydrogens is 360 g/mol. The van der Waals surface area contributed by atoms with Crippen molar-refractivity contribution in [1.82, 2.24) is 0 Å². The Balaban J connectivity index is 1.71. The Hall–Kier alpha value is -3.64. The van der Waals surface area contributed by atoms with Crippen molar-refractivity contribution in [2.45, 2.75) is 12.8 Å². The second-order valence-electron chi connectivity index (χ2n) is 7.64. The first-order valence-electron chi connectivity index (χ1n) is 10.6. The Morgan fingerprint density at radius 2 is 0.867 bits per heavy atom. The van der Waals surface area contributed by atoms with Crippen LogP contribution in [0.15, 0.2) is 121 Å². The fraction of sp³-hybridized carbons (Fsp3) is 0.0667. The molecule has 0 N–H and O–H groups in total. The molecule has 30 heavy (non-hydrogen) atoms. The van der Waals surface area contributed by atoms with Gasteiger partial charge in [0.2, 0.25) is 0 Å². The fourth-order valence-corrected chi connectivity index (χ4v) is 4.32. The van der Waals surface area contributed by atoms with Crippen molar-refractivity contribution < 1.29 is 0 Å². The van der Waals surface area contributed by atoms with E-state index in [0.29, 0.717) is 0 Å². The normalized spacial score (nSPS) is 13.1. The molecule has 0 heteroatoms. The van der Waals surface area contributed by atoms with E-state index in [-0.39, 0.29) is 0 Å². The minimum absolute atomic E-state index is 1.11. The zero-order valence-corrected chi connectivity index (χ0v) is 17.0. The molecule has 4 aromatic carbocycles. The van der Waals surface area contributed by atoms with Gasteiger partial charge in [0, 0.05) is 0 Å². The molecule has 1 aliphatic rings. The monoisotopic (exact) mass is 384 g/mol. The van der Waals surface area contributed by atoms with Crippen LogP contribution in [0.3, 0.4) is 0 Å². The van der Waals surface area contributed by atoms with E-state index in [2.05, 4.69) is 121 Å². The van der Waals surface area contributed by atoms with Crippen molar-refractivity contribution in [2.24, 2.45) is 0 Å². The van der Waals surface area contributed by atoms with Crippen molar-refractivity contribution in [3.05, 3.63) is 127 Å². The van der Waals surface area contributed by atoms with E-state index in [1.54, 1.807) is 0 Å². The number of hydrogen-bond donors (Lipinski definition) is 0. The topological polar surface area (TPSA) is 0 Å². The lowest BCUT2D eigenvalue weighted by atomic mass is 9.86. The summed E-state index contributed by atoms with van der Waals surface area (Å²) < 4.78 is 0. The third-order valence-electron chi connectivity index (χ3n) is 5.75. The lowest BCUT2D eigenvalue weighted by Gasteiger charge is -2.18. The molecule has 4 aromatic rings. The zero-order chi connectivity index (χ0) is 20.2. The lowest BCUT2D eigenvalue weighted by Crippen LogP contribution is -1.93. The van der Waals surface area contributed by atoms with E-state index >= 15 is 0 Å². The average Bonchev–Trinajstić information content (AvgIpc) is 2.85. The first-order valence-corrected chi connectivity index (χ1v) is 10.6. The van der Waals surface area contributed by atoms with Crippen LogP contribution in [0, 0.1) is 0 Å². The van der Waals surface area contributed by atoms with Crippen LogP contribution in [0.4, 0.5) is 0 Å². The second kappa shape index (κ2) is 8.39. The summed E-state index contributed by atoms with van der Waals surface area (Å²) in [5, 5.41) is 0. The Kier molecular flexibility index (Phi) is 5.14. The SMILES string of the molecule is C1=CC(c2ccccc2-c2ccccc2-c2ccccc2-c2ccccc2)=CCC1. The van der Waals surface area contributed by atoms with Gasteiger partial charge in [0.05, 0.1) is 0 Å². The highest BCUT2D eigenvalue weighted by Crippen LogP contribution is 2.40. The van der Waals surface area contributed by atoms with Crippen LogP contribution in [0.1, 0.15) is 18.4 Å². The summed E-state index contributed by atoms with van der Waals surface area (Å²) >= 11 is 0. The van der Waals surface area contributed by atoms with Crippen molar-refractivity contribution >= 4 is 5.57 Å². The van der Waals surface area contributed by atoms with Gasteiger partial charge >= 0.3 is 0 Å². The number of allylic oxidation sites excluding steroid dienone is 4. The number of benzene rings is 4. The van der Waals surface area contributed by atoms with Crippen molar-refractivity contribution in [1.29, 1.82) is 0 Å². The highest BCUT2D eigenvalue weighted by Gasteiger charge is 2.15.